The number of halogens is 1. The highest BCUT2D eigenvalue weighted by Crippen LogP contribution is 2.23. The Morgan fingerprint density at radius 2 is 1.85 bits per heavy atom. The minimum Gasteiger partial charge on any atom is -0.348 e. The van der Waals surface area contributed by atoms with E-state index in [2.05, 4.69) is 10.6 Å². The predicted molar refractivity (Wildman–Crippen MR) is 100 cm³/mol. The molecule has 1 heterocycles. The molecular weight excluding hydrogens is 351 g/mol. The molecule has 8 heteroatoms. The lowest BCUT2D eigenvalue weighted by Crippen LogP contribution is -2.35. The van der Waals surface area contributed by atoms with E-state index >= 15 is 0 Å². The molecule has 0 aliphatic rings. The van der Waals surface area contributed by atoms with Crippen LogP contribution in [0.3, 0.4) is 0 Å². The van der Waals surface area contributed by atoms with Crippen molar-refractivity contribution in [2.75, 3.05) is 18.4 Å². The van der Waals surface area contributed by atoms with Crippen LogP contribution in [0.2, 0.25) is 0 Å². The highest BCUT2D eigenvalue weighted by atomic mass is 19.1. The van der Waals surface area contributed by atoms with Gasteiger partial charge in [-0.15, -0.1) is 0 Å². The molecule has 0 aliphatic heterocycles. The molecule has 0 atom stereocenters. The summed E-state index contributed by atoms with van der Waals surface area (Å²) in [5.74, 6) is -2.31. The fraction of sp³-hybridized carbons (Fsp3) is 0.316. The van der Waals surface area contributed by atoms with Crippen LogP contribution in [0.25, 0.3) is 0 Å². The Bertz CT molecular complexity index is 918. The van der Waals surface area contributed by atoms with E-state index in [-0.39, 0.29) is 24.6 Å². The minimum absolute atomic E-state index is 0.141. The van der Waals surface area contributed by atoms with Crippen molar-refractivity contribution in [3.8, 4) is 0 Å². The van der Waals surface area contributed by atoms with Gasteiger partial charge in [-0.25, -0.2) is 4.39 Å². The maximum Gasteiger partial charge on any atom is 0.294 e. The Kier molecular flexibility index (Phi) is 6.12. The fourth-order valence-corrected chi connectivity index (χ4v) is 2.92. The molecule has 1 aromatic heterocycles. The number of benzene rings is 1. The molecule has 0 unspecified atom stereocenters. The average molecular weight is 374 g/mol. The van der Waals surface area contributed by atoms with E-state index in [4.69, 9.17) is 5.73 Å². The number of nitrogens with zero attached hydrogens (tertiary/aromatic N) is 1. The van der Waals surface area contributed by atoms with Crippen LogP contribution in [0.1, 0.15) is 37.7 Å². The van der Waals surface area contributed by atoms with Gasteiger partial charge in [-0.3, -0.25) is 14.4 Å². The van der Waals surface area contributed by atoms with Gasteiger partial charge in [0.1, 0.15) is 5.82 Å². The summed E-state index contributed by atoms with van der Waals surface area (Å²) in [5, 5.41) is 5.14. The monoisotopic (exact) mass is 374 g/mol. The van der Waals surface area contributed by atoms with Crippen molar-refractivity contribution in [2.24, 2.45) is 12.8 Å². The number of hydrogen-bond acceptors (Lipinski definition) is 4. The van der Waals surface area contributed by atoms with Crippen LogP contribution in [0.4, 0.5) is 10.1 Å². The Morgan fingerprint density at radius 1 is 1.19 bits per heavy atom. The van der Waals surface area contributed by atoms with Crippen molar-refractivity contribution in [3.05, 3.63) is 52.1 Å². The molecule has 4 N–H and O–H groups in total. The van der Waals surface area contributed by atoms with Crippen LogP contribution in [-0.2, 0) is 11.8 Å². The third-order valence-electron chi connectivity index (χ3n) is 4.42. The lowest BCUT2D eigenvalue weighted by molar-refractivity contribution is -0.117. The second-order valence-corrected chi connectivity index (χ2v) is 6.28. The van der Waals surface area contributed by atoms with Crippen molar-refractivity contribution in [2.45, 2.75) is 20.8 Å². The first kappa shape index (κ1) is 20.3. The van der Waals surface area contributed by atoms with Crippen LogP contribution in [0, 0.1) is 26.6 Å². The number of anilines is 1. The molecule has 27 heavy (non-hydrogen) atoms. The van der Waals surface area contributed by atoms with Crippen molar-refractivity contribution in [3.63, 3.8) is 0 Å². The molecule has 2 rings (SSSR count). The van der Waals surface area contributed by atoms with Crippen molar-refractivity contribution in [1.82, 2.24) is 9.88 Å². The Labute approximate surface area is 156 Å². The largest absolute Gasteiger partial charge is 0.348 e. The van der Waals surface area contributed by atoms with Crippen molar-refractivity contribution in [1.29, 1.82) is 0 Å². The highest BCUT2D eigenvalue weighted by Gasteiger charge is 2.28. The van der Waals surface area contributed by atoms with Crippen LogP contribution < -0.4 is 16.4 Å². The first-order valence-corrected chi connectivity index (χ1v) is 8.45. The molecule has 0 saturated carbocycles. The molecule has 7 nitrogen and oxygen atoms in total. The first-order valence-electron chi connectivity index (χ1n) is 8.45. The van der Waals surface area contributed by atoms with E-state index < -0.39 is 17.6 Å². The third-order valence-corrected chi connectivity index (χ3v) is 4.42. The summed E-state index contributed by atoms with van der Waals surface area (Å²) < 4.78 is 14.9. The van der Waals surface area contributed by atoms with Gasteiger partial charge < -0.3 is 20.9 Å². The van der Waals surface area contributed by atoms with Crippen LogP contribution in [0.15, 0.2) is 18.2 Å². The first-order chi connectivity index (χ1) is 12.7. The molecular formula is C19H23FN4O3. The van der Waals surface area contributed by atoms with Crippen LogP contribution in [-0.4, -0.2) is 35.3 Å². The minimum atomic E-state index is -0.773. The third kappa shape index (κ3) is 4.06. The summed E-state index contributed by atoms with van der Waals surface area (Å²) in [7, 11) is 1.62. The topological polar surface area (TPSA) is 106 Å². The van der Waals surface area contributed by atoms with Gasteiger partial charge in [0.25, 0.3) is 17.6 Å². The molecule has 0 fully saturated rings. The van der Waals surface area contributed by atoms with E-state index in [1.54, 1.807) is 27.8 Å². The number of carbonyl (C=O) groups excluding carboxylic acids is 3. The second-order valence-electron chi connectivity index (χ2n) is 6.28. The summed E-state index contributed by atoms with van der Waals surface area (Å²) >= 11 is 0. The number of nitrogens with one attached hydrogen (secondary N) is 2. The zero-order chi connectivity index (χ0) is 20.3. The van der Waals surface area contributed by atoms with Gasteiger partial charge in [0.05, 0.1) is 11.3 Å². The summed E-state index contributed by atoms with van der Waals surface area (Å²) in [4.78, 5) is 37.2. The standard InChI is InChI=1S/C19H23FN4O3/c1-10-9-13(5-6-14(10)20)23-18(26)15-11(2)16(24(4)12(15)3)17(25)19(27)22-8-7-21/h5-6,9H,7-8,21H2,1-4H3,(H,22,27)(H,23,26). The number of ketones is 1. The summed E-state index contributed by atoms with van der Waals surface area (Å²) in [6.07, 6.45) is 0. The zero-order valence-electron chi connectivity index (χ0n) is 15.8. The Balaban J connectivity index is 2.35. The summed E-state index contributed by atoms with van der Waals surface area (Å²) in [6.45, 7) is 5.30. The molecule has 0 saturated heterocycles. The van der Waals surface area contributed by atoms with E-state index in [0.717, 1.165) is 0 Å². The Hall–Kier alpha value is -3.00. The molecule has 0 aliphatic carbocycles. The maximum absolute atomic E-state index is 13.4. The maximum atomic E-state index is 13.4. The number of aromatic nitrogens is 1. The molecule has 0 radical (unpaired) electrons. The van der Waals surface area contributed by atoms with Gasteiger partial charge in [-0.1, -0.05) is 0 Å². The highest BCUT2D eigenvalue weighted by molar-refractivity contribution is 6.43. The van der Waals surface area contributed by atoms with Gasteiger partial charge in [-0.05, 0) is 50.1 Å². The van der Waals surface area contributed by atoms with Crippen LogP contribution in [0.5, 0.6) is 0 Å². The normalized spacial score (nSPS) is 10.6. The molecule has 2 aromatic rings. The van der Waals surface area contributed by atoms with Crippen molar-refractivity contribution >= 4 is 23.3 Å². The lowest BCUT2D eigenvalue weighted by atomic mass is 10.1. The van der Waals surface area contributed by atoms with Gasteiger partial charge in [-0.2, -0.15) is 0 Å². The predicted octanol–water partition coefficient (Wildman–Crippen LogP) is 1.60. The molecule has 2 amide bonds. The van der Waals surface area contributed by atoms with Crippen molar-refractivity contribution < 1.29 is 18.8 Å². The number of carbonyl (C=O) groups is 3. The quantitative estimate of drug-likeness (QED) is 0.527. The van der Waals surface area contributed by atoms with Gasteiger partial charge in [0, 0.05) is 31.5 Å². The fourth-order valence-electron chi connectivity index (χ4n) is 2.92. The van der Waals surface area contributed by atoms with Crippen LogP contribution >= 0.6 is 0 Å². The van der Waals surface area contributed by atoms with E-state index in [1.807, 2.05) is 0 Å². The molecule has 0 spiro atoms. The molecule has 144 valence electrons. The number of Topliss-reactive ketones (excluding diaryl/α,β-unsaturated/α-hetero) is 1. The summed E-state index contributed by atoms with van der Waals surface area (Å²) in [6, 6.07) is 4.25. The van der Waals surface area contributed by atoms with E-state index in [0.29, 0.717) is 28.1 Å². The van der Waals surface area contributed by atoms with Gasteiger partial charge in [0.15, 0.2) is 0 Å². The number of amides is 2. The second kappa shape index (κ2) is 8.13. The van der Waals surface area contributed by atoms with E-state index in [9.17, 15) is 18.8 Å². The van der Waals surface area contributed by atoms with Gasteiger partial charge >= 0.3 is 0 Å². The number of aryl methyl sites for hydroxylation is 1. The molecule has 1 aromatic carbocycles. The van der Waals surface area contributed by atoms with Gasteiger partial charge in [0.2, 0.25) is 0 Å². The van der Waals surface area contributed by atoms with E-state index in [1.165, 1.54) is 22.8 Å². The number of rotatable bonds is 6. The number of hydrogen-bond donors (Lipinski definition) is 3. The Morgan fingerprint density at radius 3 is 2.44 bits per heavy atom. The lowest BCUT2D eigenvalue weighted by Gasteiger charge is -2.07. The average Bonchev–Trinajstić information content (AvgIpc) is 2.84. The summed E-state index contributed by atoms with van der Waals surface area (Å²) in [5.41, 5.74) is 7.56. The SMILES string of the molecule is Cc1cc(NC(=O)c2c(C)c(C(=O)C(=O)NCCN)n(C)c2C)ccc1F. The number of nitrogens with two attached hydrogens (primary N) is 1. The zero-order valence-corrected chi connectivity index (χ0v) is 15.8. The smallest absolute Gasteiger partial charge is 0.294 e. The molecule has 0 bridgehead atoms.